The van der Waals surface area contributed by atoms with Gasteiger partial charge < -0.3 is 20.3 Å². The third-order valence-corrected chi connectivity index (χ3v) is 4.75. The number of aliphatic hydroxyl groups excluding tert-OH is 1. The Balaban J connectivity index is 1.83. The molecule has 24 heavy (non-hydrogen) atoms. The van der Waals surface area contributed by atoms with Gasteiger partial charge in [0.2, 0.25) is 0 Å². The summed E-state index contributed by atoms with van der Waals surface area (Å²) >= 11 is 0. The van der Waals surface area contributed by atoms with Gasteiger partial charge >= 0.3 is 6.03 Å². The van der Waals surface area contributed by atoms with Crippen LogP contribution >= 0.6 is 0 Å². The Bertz CT molecular complexity index is 495. The van der Waals surface area contributed by atoms with Crippen LogP contribution in [0, 0.1) is 11.8 Å². The van der Waals surface area contributed by atoms with E-state index in [1.54, 1.807) is 6.20 Å². The SMILES string of the molecule is CC(C)Cn1ccnc1CNC(=O)NC(CCO)C1CCCCC1. The van der Waals surface area contributed by atoms with E-state index in [-0.39, 0.29) is 18.7 Å². The van der Waals surface area contributed by atoms with Crippen LogP contribution in [0.25, 0.3) is 0 Å². The van der Waals surface area contributed by atoms with Crippen molar-refractivity contribution in [2.75, 3.05) is 6.61 Å². The predicted octanol–water partition coefficient (Wildman–Crippen LogP) is 2.67. The Hall–Kier alpha value is -1.56. The first-order valence-electron chi connectivity index (χ1n) is 9.25. The molecule has 2 rings (SSSR count). The number of hydrogen-bond acceptors (Lipinski definition) is 3. The number of aromatic nitrogens is 2. The van der Waals surface area contributed by atoms with Crippen LogP contribution in [0.3, 0.4) is 0 Å². The number of carbonyl (C=O) groups excluding carboxylic acids is 1. The van der Waals surface area contributed by atoms with Gasteiger partial charge in [0, 0.05) is 31.6 Å². The molecule has 0 radical (unpaired) electrons. The van der Waals surface area contributed by atoms with E-state index in [2.05, 4.69) is 34.0 Å². The molecule has 0 saturated heterocycles. The molecule has 1 aromatic heterocycles. The lowest BCUT2D eigenvalue weighted by molar-refractivity contribution is 0.196. The van der Waals surface area contributed by atoms with Crippen molar-refractivity contribution in [3.8, 4) is 0 Å². The molecule has 0 aromatic carbocycles. The molecular weight excluding hydrogens is 304 g/mol. The summed E-state index contributed by atoms with van der Waals surface area (Å²) in [6.45, 7) is 5.75. The molecule has 136 valence electrons. The second-order valence-electron chi connectivity index (χ2n) is 7.23. The minimum Gasteiger partial charge on any atom is -0.396 e. The molecular formula is C18H32N4O2. The van der Waals surface area contributed by atoms with Gasteiger partial charge in [-0.2, -0.15) is 0 Å². The first-order valence-corrected chi connectivity index (χ1v) is 9.25. The molecule has 0 aliphatic heterocycles. The zero-order valence-corrected chi connectivity index (χ0v) is 15.0. The normalized spacial score (nSPS) is 17.0. The highest BCUT2D eigenvalue weighted by Gasteiger charge is 2.24. The maximum atomic E-state index is 12.3. The summed E-state index contributed by atoms with van der Waals surface area (Å²) in [6, 6.07) is -0.108. The van der Waals surface area contributed by atoms with Crippen LogP contribution in [0.15, 0.2) is 12.4 Å². The van der Waals surface area contributed by atoms with Crippen LogP contribution in [0.4, 0.5) is 4.79 Å². The van der Waals surface area contributed by atoms with Crippen LogP contribution in [-0.4, -0.2) is 33.3 Å². The zero-order valence-electron chi connectivity index (χ0n) is 15.0. The second-order valence-corrected chi connectivity index (χ2v) is 7.23. The van der Waals surface area contributed by atoms with Gasteiger partial charge in [-0.3, -0.25) is 0 Å². The number of hydrogen-bond donors (Lipinski definition) is 3. The molecule has 1 saturated carbocycles. The molecule has 2 amide bonds. The summed E-state index contributed by atoms with van der Waals surface area (Å²) in [7, 11) is 0. The standard InChI is InChI=1S/C18H32N4O2/c1-14(2)13-22-10-9-19-17(22)12-20-18(24)21-16(8-11-23)15-6-4-3-5-7-15/h9-10,14-16,23H,3-8,11-13H2,1-2H3,(H2,20,21,24). The van der Waals surface area contributed by atoms with Crippen molar-refractivity contribution in [2.24, 2.45) is 11.8 Å². The highest BCUT2D eigenvalue weighted by molar-refractivity contribution is 5.74. The van der Waals surface area contributed by atoms with E-state index in [4.69, 9.17) is 0 Å². The number of imidazole rings is 1. The zero-order chi connectivity index (χ0) is 17.4. The number of rotatable bonds is 8. The van der Waals surface area contributed by atoms with E-state index in [1.807, 2.05) is 6.20 Å². The van der Waals surface area contributed by atoms with Gasteiger partial charge in [0.1, 0.15) is 5.82 Å². The number of carbonyl (C=O) groups is 1. The van der Waals surface area contributed by atoms with Crippen molar-refractivity contribution in [1.29, 1.82) is 0 Å². The Labute approximate surface area is 145 Å². The van der Waals surface area contributed by atoms with Crippen molar-refractivity contribution in [3.63, 3.8) is 0 Å². The van der Waals surface area contributed by atoms with Crippen LogP contribution < -0.4 is 10.6 Å². The van der Waals surface area contributed by atoms with Crippen molar-refractivity contribution >= 4 is 6.03 Å². The molecule has 1 atom stereocenters. The van der Waals surface area contributed by atoms with Crippen LogP contribution in [0.5, 0.6) is 0 Å². The fourth-order valence-electron chi connectivity index (χ4n) is 3.55. The van der Waals surface area contributed by atoms with Gasteiger partial charge in [-0.1, -0.05) is 33.1 Å². The summed E-state index contributed by atoms with van der Waals surface area (Å²) in [5.74, 6) is 1.89. The van der Waals surface area contributed by atoms with Gasteiger partial charge in [0.25, 0.3) is 0 Å². The Morgan fingerprint density at radius 2 is 2.12 bits per heavy atom. The molecule has 1 fully saturated rings. The van der Waals surface area contributed by atoms with Gasteiger partial charge in [0.15, 0.2) is 0 Å². The van der Waals surface area contributed by atoms with E-state index in [0.717, 1.165) is 25.2 Å². The second kappa shape index (κ2) is 9.67. The van der Waals surface area contributed by atoms with Crippen molar-refractivity contribution in [2.45, 2.75) is 71.5 Å². The third-order valence-electron chi connectivity index (χ3n) is 4.75. The first-order chi connectivity index (χ1) is 11.6. The van der Waals surface area contributed by atoms with Gasteiger partial charge in [-0.15, -0.1) is 0 Å². The van der Waals surface area contributed by atoms with Gasteiger partial charge in [0.05, 0.1) is 6.54 Å². The van der Waals surface area contributed by atoms with E-state index in [9.17, 15) is 9.90 Å². The summed E-state index contributed by atoms with van der Waals surface area (Å²) in [5.41, 5.74) is 0. The van der Waals surface area contributed by atoms with Gasteiger partial charge in [-0.05, 0) is 31.1 Å². The lowest BCUT2D eigenvalue weighted by Crippen LogP contribution is -2.46. The Morgan fingerprint density at radius 1 is 1.38 bits per heavy atom. The molecule has 0 bridgehead atoms. The lowest BCUT2D eigenvalue weighted by Gasteiger charge is -2.30. The van der Waals surface area contributed by atoms with E-state index in [1.165, 1.54) is 19.3 Å². The molecule has 1 aromatic rings. The minimum absolute atomic E-state index is 0.0608. The maximum Gasteiger partial charge on any atom is 0.315 e. The number of nitrogens with one attached hydrogen (secondary N) is 2. The average Bonchev–Trinajstić information content (AvgIpc) is 3.00. The predicted molar refractivity (Wildman–Crippen MR) is 94.5 cm³/mol. The number of aliphatic hydroxyl groups is 1. The largest absolute Gasteiger partial charge is 0.396 e. The van der Waals surface area contributed by atoms with E-state index < -0.39 is 0 Å². The summed E-state index contributed by atoms with van der Waals surface area (Å²) < 4.78 is 2.08. The van der Waals surface area contributed by atoms with Crippen molar-refractivity contribution < 1.29 is 9.90 Å². The number of nitrogens with zero attached hydrogens (tertiary/aromatic N) is 2. The number of urea groups is 1. The number of amides is 2. The summed E-state index contributed by atoms with van der Waals surface area (Å²) in [6.07, 6.45) is 10.4. The quantitative estimate of drug-likeness (QED) is 0.683. The molecule has 1 aliphatic rings. The maximum absolute atomic E-state index is 12.3. The van der Waals surface area contributed by atoms with Crippen LogP contribution in [0.1, 0.15) is 58.2 Å². The van der Waals surface area contributed by atoms with E-state index >= 15 is 0 Å². The Kier molecular flexibility index (Phi) is 7.56. The Morgan fingerprint density at radius 3 is 2.79 bits per heavy atom. The average molecular weight is 336 g/mol. The lowest BCUT2D eigenvalue weighted by atomic mass is 9.83. The smallest absolute Gasteiger partial charge is 0.315 e. The minimum atomic E-state index is -0.168. The molecule has 6 nitrogen and oxygen atoms in total. The first kappa shape index (κ1) is 18.8. The topological polar surface area (TPSA) is 79.2 Å². The third kappa shape index (κ3) is 5.82. The monoisotopic (exact) mass is 336 g/mol. The van der Waals surface area contributed by atoms with Crippen molar-refractivity contribution in [3.05, 3.63) is 18.2 Å². The van der Waals surface area contributed by atoms with Gasteiger partial charge in [-0.25, -0.2) is 9.78 Å². The molecule has 3 N–H and O–H groups in total. The van der Waals surface area contributed by atoms with Crippen LogP contribution in [-0.2, 0) is 13.1 Å². The van der Waals surface area contributed by atoms with E-state index in [0.29, 0.717) is 24.8 Å². The highest BCUT2D eigenvalue weighted by Crippen LogP contribution is 2.27. The molecule has 1 unspecified atom stereocenters. The molecule has 1 aliphatic carbocycles. The summed E-state index contributed by atoms with van der Waals surface area (Å²) in [4.78, 5) is 16.6. The fraction of sp³-hybridized carbons (Fsp3) is 0.778. The van der Waals surface area contributed by atoms with Crippen LogP contribution in [0.2, 0.25) is 0 Å². The highest BCUT2D eigenvalue weighted by atomic mass is 16.3. The molecule has 0 spiro atoms. The summed E-state index contributed by atoms with van der Waals surface area (Å²) in [5, 5.41) is 15.3. The molecule has 6 heteroatoms. The molecule has 1 heterocycles. The fourth-order valence-corrected chi connectivity index (χ4v) is 3.55. The van der Waals surface area contributed by atoms with Crippen molar-refractivity contribution in [1.82, 2.24) is 20.2 Å².